The van der Waals surface area contributed by atoms with Crippen LogP contribution in [0.1, 0.15) is 25.3 Å². The monoisotopic (exact) mass is 277 g/mol. The predicted octanol–water partition coefficient (Wildman–Crippen LogP) is 1.84. The number of nitrogens with zero attached hydrogens (tertiary/aromatic N) is 1. The van der Waals surface area contributed by atoms with E-state index in [-0.39, 0.29) is 5.91 Å². The normalized spacial score (nSPS) is 19.7. The molecule has 1 aliphatic rings. The number of likely N-dealkylation sites (tertiary alicyclic amines) is 1. The van der Waals surface area contributed by atoms with Gasteiger partial charge in [-0.15, -0.1) is 0 Å². The number of carbonyl (C=O) groups is 2. The minimum absolute atomic E-state index is 0.266. The van der Waals surface area contributed by atoms with Crippen molar-refractivity contribution in [3.8, 4) is 5.75 Å². The molecule has 1 fully saturated rings. The molecule has 1 N–H and O–H groups in total. The Morgan fingerprint density at radius 1 is 1.40 bits per heavy atom. The van der Waals surface area contributed by atoms with Crippen molar-refractivity contribution in [2.45, 2.75) is 38.8 Å². The summed E-state index contributed by atoms with van der Waals surface area (Å²) < 4.78 is 5.66. The Hall–Kier alpha value is -2.04. The summed E-state index contributed by atoms with van der Waals surface area (Å²) in [4.78, 5) is 24.8. The van der Waals surface area contributed by atoms with Crippen LogP contribution in [0.4, 0.5) is 0 Å². The summed E-state index contributed by atoms with van der Waals surface area (Å²) in [6.07, 6.45) is 0.550. The molecule has 1 aliphatic heterocycles. The van der Waals surface area contributed by atoms with Crippen LogP contribution in [0.2, 0.25) is 0 Å². The molecule has 5 nitrogen and oxygen atoms in total. The van der Waals surface area contributed by atoms with Crippen molar-refractivity contribution in [1.29, 1.82) is 0 Å². The number of hydrogen-bond donors (Lipinski definition) is 1. The van der Waals surface area contributed by atoms with E-state index in [1.165, 1.54) is 4.90 Å². The van der Waals surface area contributed by atoms with E-state index in [0.717, 1.165) is 12.0 Å². The highest BCUT2D eigenvalue weighted by molar-refractivity contribution is 5.87. The molecule has 0 spiro atoms. The molecule has 0 aromatic heterocycles. The van der Waals surface area contributed by atoms with E-state index >= 15 is 0 Å². The third kappa shape index (κ3) is 2.92. The first-order chi connectivity index (χ1) is 9.50. The number of carboxylic acids is 1. The standard InChI is InChI=1S/C15H19NO4/c1-10-6-3-4-8-13(10)20-11(2)14(17)16-9-5-7-12(16)15(18)19/h3-4,6,8,11-12H,5,7,9H2,1-2H3,(H,18,19). The second kappa shape index (κ2) is 5.94. The Morgan fingerprint density at radius 3 is 2.75 bits per heavy atom. The van der Waals surface area contributed by atoms with Crippen molar-refractivity contribution < 1.29 is 19.4 Å². The molecule has 2 rings (SSSR count). The number of carbonyl (C=O) groups excluding carboxylic acids is 1. The van der Waals surface area contributed by atoms with Crippen LogP contribution in [0.5, 0.6) is 5.75 Å². The largest absolute Gasteiger partial charge is 0.481 e. The summed E-state index contributed by atoms with van der Waals surface area (Å²) in [5, 5.41) is 9.11. The predicted molar refractivity (Wildman–Crippen MR) is 73.6 cm³/mol. The van der Waals surface area contributed by atoms with E-state index < -0.39 is 18.1 Å². The van der Waals surface area contributed by atoms with Crippen LogP contribution >= 0.6 is 0 Å². The lowest BCUT2D eigenvalue weighted by Crippen LogP contribution is -2.46. The maximum Gasteiger partial charge on any atom is 0.326 e. The molecule has 1 amide bonds. The van der Waals surface area contributed by atoms with Crippen LogP contribution in [0.3, 0.4) is 0 Å². The topological polar surface area (TPSA) is 66.8 Å². The van der Waals surface area contributed by atoms with Gasteiger partial charge in [0, 0.05) is 6.54 Å². The molecule has 5 heteroatoms. The molecule has 108 valence electrons. The van der Waals surface area contributed by atoms with Gasteiger partial charge in [-0.05, 0) is 38.3 Å². The molecule has 2 atom stereocenters. The third-order valence-corrected chi connectivity index (χ3v) is 3.57. The number of hydrogen-bond acceptors (Lipinski definition) is 3. The summed E-state index contributed by atoms with van der Waals surface area (Å²) in [6.45, 7) is 4.05. The van der Waals surface area contributed by atoms with Crippen molar-refractivity contribution in [2.75, 3.05) is 6.54 Å². The van der Waals surface area contributed by atoms with Crippen LogP contribution in [-0.4, -0.2) is 40.6 Å². The molecule has 0 saturated carbocycles. The second-order valence-corrected chi connectivity index (χ2v) is 5.05. The Balaban J connectivity index is 2.05. The first kappa shape index (κ1) is 14.4. The number of ether oxygens (including phenoxy) is 1. The molecule has 0 aliphatic carbocycles. The molecule has 0 radical (unpaired) electrons. The smallest absolute Gasteiger partial charge is 0.326 e. The maximum absolute atomic E-state index is 12.3. The van der Waals surface area contributed by atoms with Gasteiger partial charge in [-0.1, -0.05) is 18.2 Å². The van der Waals surface area contributed by atoms with Crippen LogP contribution in [0.15, 0.2) is 24.3 Å². The van der Waals surface area contributed by atoms with Gasteiger partial charge in [-0.2, -0.15) is 0 Å². The lowest BCUT2D eigenvalue weighted by atomic mass is 10.2. The van der Waals surface area contributed by atoms with Crippen LogP contribution in [0, 0.1) is 6.92 Å². The van der Waals surface area contributed by atoms with E-state index in [9.17, 15) is 9.59 Å². The highest BCUT2D eigenvalue weighted by atomic mass is 16.5. The van der Waals surface area contributed by atoms with Gasteiger partial charge in [0.1, 0.15) is 11.8 Å². The number of aliphatic carboxylic acids is 1. The zero-order valence-corrected chi connectivity index (χ0v) is 11.7. The highest BCUT2D eigenvalue weighted by Crippen LogP contribution is 2.22. The number of aryl methyl sites for hydroxylation is 1. The van der Waals surface area contributed by atoms with Gasteiger partial charge in [0.15, 0.2) is 6.10 Å². The molecular weight excluding hydrogens is 258 g/mol. The minimum Gasteiger partial charge on any atom is -0.481 e. The maximum atomic E-state index is 12.3. The SMILES string of the molecule is Cc1ccccc1OC(C)C(=O)N1CCCC1C(=O)O. The van der Waals surface area contributed by atoms with E-state index in [1.807, 2.05) is 25.1 Å². The number of para-hydroxylation sites is 1. The molecular formula is C15H19NO4. The van der Waals surface area contributed by atoms with Gasteiger partial charge >= 0.3 is 5.97 Å². The molecule has 2 unspecified atom stereocenters. The molecule has 0 bridgehead atoms. The van der Waals surface area contributed by atoms with Gasteiger partial charge in [0.05, 0.1) is 0 Å². The van der Waals surface area contributed by atoms with Crippen LogP contribution in [-0.2, 0) is 9.59 Å². The fourth-order valence-corrected chi connectivity index (χ4v) is 2.45. The van der Waals surface area contributed by atoms with Gasteiger partial charge in [0.2, 0.25) is 0 Å². The number of amides is 1. The molecule has 1 heterocycles. The van der Waals surface area contributed by atoms with E-state index in [4.69, 9.17) is 9.84 Å². The fourth-order valence-electron chi connectivity index (χ4n) is 2.45. The summed E-state index contributed by atoms with van der Waals surface area (Å²) >= 11 is 0. The van der Waals surface area contributed by atoms with Crippen molar-refractivity contribution in [1.82, 2.24) is 4.90 Å². The van der Waals surface area contributed by atoms with Crippen LogP contribution < -0.4 is 4.74 Å². The summed E-state index contributed by atoms with van der Waals surface area (Å²) in [5.74, 6) is -0.559. The second-order valence-electron chi connectivity index (χ2n) is 5.05. The number of carboxylic acid groups (broad SMARTS) is 1. The first-order valence-electron chi connectivity index (χ1n) is 6.76. The quantitative estimate of drug-likeness (QED) is 0.912. The average molecular weight is 277 g/mol. The highest BCUT2D eigenvalue weighted by Gasteiger charge is 2.36. The van der Waals surface area contributed by atoms with E-state index in [1.54, 1.807) is 13.0 Å². The molecule has 1 saturated heterocycles. The van der Waals surface area contributed by atoms with E-state index in [2.05, 4.69) is 0 Å². The summed E-state index contributed by atoms with van der Waals surface area (Å²) in [5.41, 5.74) is 0.948. The van der Waals surface area contributed by atoms with Gasteiger partial charge in [-0.25, -0.2) is 4.79 Å². The zero-order chi connectivity index (χ0) is 14.7. The molecule has 1 aromatic carbocycles. The Bertz CT molecular complexity index is 514. The minimum atomic E-state index is -0.945. The van der Waals surface area contributed by atoms with Crippen molar-refractivity contribution in [3.63, 3.8) is 0 Å². The van der Waals surface area contributed by atoms with Gasteiger partial charge in [0.25, 0.3) is 5.91 Å². The van der Waals surface area contributed by atoms with Crippen molar-refractivity contribution >= 4 is 11.9 Å². The Kier molecular flexibility index (Phi) is 4.27. The van der Waals surface area contributed by atoms with Crippen LogP contribution in [0.25, 0.3) is 0 Å². The lowest BCUT2D eigenvalue weighted by Gasteiger charge is -2.25. The summed E-state index contributed by atoms with van der Waals surface area (Å²) in [6, 6.07) is 6.73. The van der Waals surface area contributed by atoms with E-state index in [0.29, 0.717) is 18.7 Å². The first-order valence-corrected chi connectivity index (χ1v) is 6.76. The average Bonchev–Trinajstić information content (AvgIpc) is 2.89. The third-order valence-electron chi connectivity index (χ3n) is 3.57. The molecule has 1 aromatic rings. The fraction of sp³-hybridized carbons (Fsp3) is 0.467. The van der Waals surface area contributed by atoms with Crippen molar-refractivity contribution in [2.24, 2.45) is 0 Å². The Morgan fingerprint density at radius 2 is 2.10 bits per heavy atom. The summed E-state index contributed by atoms with van der Waals surface area (Å²) in [7, 11) is 0. The lowest BCUT2D eigenvalue weighted by molar-refractivity contribution is -0.150. The van der Waals surface area contributed by atoms with Gasteiger partial charge in [-0.3, -0.25) is 4.79 Å². The Labute approximate surface area is 118 Å². The van der Waals surface area contributed by atoms with Crippen molar-refractivity contribution in [3.05, 3.63) is 29.8 Å². The molecule has 20 heavy (non-hydrogen) atoms. The number of benzene rings is 1. The van der Waals surface area contributed by atoms with Gasteiger partial charge < -0.3 is 14.7 Å². The number of rotatable bonds is 4. The zero-order valence-electron chi connectivity index (χ0n) is 11.7.